The van der Waals surface area contributed by atoms with Crippen LogP contribution < -0.4 is 0 Å². The monoisotopic (exact) mass is 346 g/mol. The van der Waals surface area contributed by atoms with E-state index in [1.807, 2.05) is 12.1 Å². The first-order valence-corrected chi connectivity index (χ1v) is 6.80. The zero-order chi connectivity index (χ0) is 12.0. The number of carbonyl (C=O) groups is 1. The molecular weight excluding hydrogens is 336 g/mol. The van der Waals surface area contributed by atoms with Crippen molar-refractivity contribution in [3.63, 3.8) is 0 Å². The van der Waals surface area contributed by atoms with Crippen LogP contribution in [0.25, 0.3) is 5.76 Å². The van der Waals surface area contributed by atoms with Crippen molar-refractivity contribution in [2.75, 3.05) is 5.33 Å². The standard InChI is InChI=1S/C12H12Br2O2/c13-7-1-2-11(15)8-12(16)9-3-5-10(14)6-4-9/h3-6,8,16H,1-2,7H2/b12-8-. The minimum Gasteiger partial charge on any atom is -0.507 e. The Morgan fingerprint density at radius 1 is 1.31 bits per heavy atom. The number of halogens is 2. The number of benzene rings is 1. The number of ketones is 1. The lowest BCUT2D eigenvalue weighted by Gasteiger charge is -2.00. The van der Waals surface area contributed by atoms with E-state index in [0.717, 1.165) is 16.2 Å². The maximum Gasteiger partial charge on any atom is 0.159 e. The highest BCUT2D eigenvalue weighted by atomic mass is 79.9. The summed E-state index contributed by atoms with van der Waals surface area (Å²) in [6.45, 7) is 0. The lowest BCUT2D eigenvalue weighted by atomic mass is 10.1. The lowest BCUT2D eigenvalue weighted by Crippen LogP contribution is -1.95. The highest BCUT2D eigenvalue weighted by Crippen LogP contribution is 2.16. The summed E-state index contributed by atoms with van der Waals surface area (Å²) in [5, 5.41) is 10.5. The molecule has 0 bridgehead atoms. The van der Waals surface area contributed by atoms with Crippen LogP contribution in [-0.2, 0) is 4.79 Å². The molecule has 2 nitrogen and oxygen atoms in total. The molecule has 0 unspecified atom stereocenters. The Hall–Kier alpha value is -0.610. The van der Waals surface area contributed by atoms with Gasteiger partial charge in [0.2, 0.25) is 0 Å². The molecule has 0 atom stereocenters. The third kappa shape index (κ3) is 4.49. The molecule has 1 aromatic rings. The zero-order valence-electron chi connectivity index (χ0n) is 8.62. The Labute approximate surface area is 112 Å². The van der Waals surface area contributed by atoms with Crippen molar-refractivity contribution in [1.82, 2.24) is 0 Å². The number of carbonyl (C=O) groups excluding carboxylic acids is 1. The van der Waals surface area contributed by atoms with Gasteiger partial charge in [0.15, 0.2) is 5.78 Å². The molecule has 1 rings (SSSR count). The normalized spacial score (nSPS) is 11.5. The fraction of sp³-hybridized carbons (Fsp3) is 0.250. The van der Waals surface area contributed by atoms with Gasteiger partial charge in [-0.25, -0.2) is 0 Å². The summed E-state index contributed by atoms with van der Waals surface area (Å²) in [6.07, 6.45) is 2.51. The van der Waals surface area contributed by atoms with Crippen LogP contribution >= 0.6 is 31.9 Å². The molecule has 0 saturated carbocycles. The molecule has 0 amide bonds. The third-order valence-corrected chi connectivity index (χ3v) is 3.08. The van der Waals surface area contributed by atoms with E-state index in [1.54, 1.807) is 12.1 Å². The average Bonchev–Trinajstić information content (AvgIpc) is 2.27. The van der Waals surface area contributed by atoms with Crippen molar-refractivity contribution < 1.29 is 9.90 Å². The van der Waals surface area contributed by atoms with Crippen molar-refractivity contribution in [3.8, 4) is 0 Å². The van der Waals surface area contributed by atoms with E-state index in [-0.39, 0.29) is 11.5 Å². The predicted molar refractivity (Wildman–Crippen MR) is 72.8 cm³/mol. The van der Waals surface area contributed by atoms with Crippen LogP contribution in [0, 0.1) is 0 Å². The van der Waals surface area contributed by atoms with Gasteiger partial charge in [-0.1, -0.05) is 44.0 Å². The first-order chi connectivity index (χ1) is 7.63. The molecule has 1 N–H and O–H groups in total. The molecule has 0 saturated heterocycles. The van der Waals surface area contributed by atoms with E-state index in [1.165, 1.54) is 6.08 Å². The maximum atomic E-state index is 11.4. The molecular formula is C12H12Br2O2. The molecule has 16 heavy (non-hydrogen) atoms. The topological polar surface area (TPSA) is 37.3 Å². The van der Waals surface area contributed by atoms with Crippen LogP contribution in [0.5, 0.6) is 0 Å². The second-order valence-corrected chi connectivity index (χ2v) is 5.00. The number of hydrogen-bond acceptors (Lipinski definition) is 2. The van der Waals surface area contributed by atoms with Gasteiger partial charge in [0.25, 0.3) is 0 Å². The second-order valence-electron chi connectivity index (χ2n) is 3.30. The maximum absolute atomic E-state index is 11.4. The minimum atomic E-state index is -0.0557. The first kappa shape index (κ1) is 13.5. The predicted octanol–water partition coefficient (Wildman–Crippen LogP) is 4.09. The summed E-state index contributed by atoms with van der Waals surface area (Å²) in [4.78, 5) is 11.4. The second kappa shape index (κ2) is 6.86. The summed E-state index contributed by atoms with van der Waals surface area (Å²) >= 11 is 6.56. The van der Waals surface area contributed by atoms with Gasteiger partial charge < -0.3 is 5.11 Å². The van der Waals surface area contributed by atoms with Crippen molar-refractivity contribution in [2.24, 2.45) is 0 Å². The Morgan fingerprint density at radius 2 is 1.94 bits per heavy atom. The molecule has 0 radical (unpaired) electrons. The Kier molecular flexibility index (Phi) is 5.77. The largest absolute Gasteiger partial charge is 0.507 e. The molecule has 4 heteroatoms. The lowest BCUT2D eigenvalue weighted by molar-refractivity contribution is -0.114. The molecule has 1 aromatic carbocycles. The van der Waals surface area contributed by atoms with Crippen molar-refractivity contribution in [3.05, 3.63) is 40.4 Å². The fourth-order valence-corrected chi connectivity index (χ4v) is 1.71. The van der Waals surface area contributed by atoms with Gasteiger partial charge in [0.05, 0.1) is 0 Å². The number of hydrogen-bond donors (Lipinski definition) is 1. The number of allylic oxidation sites excluding steroid dienone is 1. The van der Waals surface area contributed by atoms with Crippen LogP contribution in [0.4, 0.5) is 0 Å². The SMILES string of the molecule is O=C(/C=C(\O)c1ccc(Br)cc1)CCCBr. The van der Waals surface area contributed by atoms with E-state index in [2.05, 4.69) is 31.9 Å². The van der Waals surface area contributed by atoms with Crippen molar-refractivity contribution >= 4 is 43.4 Å². The van der Waals surface area contributed by atoms with Crippen LogP contribution in [0.1, 0.15) is 18.4 Å². The smallest absolute Gasteiger partial charge is 0.159 e. The van der Waals surface area contributed by atoms with E-state index in [9.17, 15) is 9.90 Å². The highest BCUT2D eigenvalue weighted by molar-refractivity contribution is 9.10. The van der Waals surface area contributed by atoms with Crippen LogP contribution in [0.3, 0.4) is 0 Å². The average molecular weight is 348 g/mol. The molecule has 0 spiro atoms. The fourth-order valence-electron chi connectivity index (χ4n) is 1.17. The van der Waals surface area contributed by atoms with Crippen molar-refractivity contribution in [2.45, 2.75) is 12.8 Å². The van der Waals surface area contributed by atoms with Gasteiger partial charge in [-0.15, -0.1) is 0 Å². The molecule has 0 aromatic heterocycles. The summed E-state index contributed by atoms with van der Waals surface area (Å²) < 4.78 is 0.940. The third-order valence-electron chi connectivity index (χ3n) is 1.99. The van der Waals surface area contributed by atoms with Crippen LogP contribution in [0.2, 0.25) is 0 Å². The molecule has 0 aliphatic rings. The van der Waals surface area contributed by atoms with Gasteiger partial charge in [-0.3, -0.25) is 4.79 Å². The Balaban J connectivity index is 2.69. The van der Waals surface area contributed by atoms with Gasteiger partial charge in [0.1, 0.15) is 5.76 Å². The number of aliphatic hydroxyl groups excluding tert-OH is 1. The van der Waals surface area contributed by atoms with Gasteiger partial charge >= 0.3 is 0 Å². The highest BCUT2D eigenvalue weighted by Gasteiger charge is 2.03. The first-order valence-electron chi connectivity index (χ1n) is 4.89. The van der Waals surface area contributed by atoms with E-state index in [4.69, 9.17) is 0 Å². The summed E-state index contributed by atoms with van der Waals surface area (Å²) in [5.41, 5.74) is 0.649. The van der Waals surface area contributed by atoms with Crippen LogP contribution in [-0.4, -0.2) is 16.2 Å². The summed E-state index contributed by atoms with van der Waals surface area (Å²) in [5.74, 6) is -0.0352. The number of rotatable bonds is 5. The molecule has 86 valence electrons. The van der Waals surface area contributed by atoms with E-state index in [0.29, 0.717) is 12.0 Å². The van der Waals surface area contributed by atoms with Gasteiger partial charge in [0, 0.05) is 27.9 Å². The number of aliphatic hydroxyl groups is 1. The Morgan fingerprint density at radius 3 is 2.50 bits per heavy atom. The Bertz CT molecular complexity index is 383. The summed E-state index contributed by atoms with van der Waals surface area (Å²) in [7, 11) is 0. The van der Waals surface area contributed by atoms with Crippen molar-refractivity contribution in [1.29, 1.82) is 0 Å². The van der Waals surface area contributed by atoms with Crippen LogP contribution in [0.15, 0.2) is 34.8 Å². The molecule has 0 fully saturated rings. The van der Waals surface area contributed by atoms with E-state index >= 15 is 0 Å². The molecule has 0 heterocycles. The molecule has 0 aliphatic heterocycles. The van der Waals surface area contributed by atoms with Gasteiger partial charge in [-0.05, 0) is 18.6 Å². The summed E-state index contributed by atoms with van der Waals surface area (Å²) in [6, 6.07) is 7.16. The van der Waals surface area contributed by atoms with E-state index < -0.39 is 0 Å². The minimum absolute atomic E-state index is 0.0204. The molecule has 0 aliphatic carbocycles. The zero-order valence-corrected chi connectivity index (χ0v) is 11.8. The number of alkyl halides is 1. The van der Waals surface area contributed by atoms with Gasteiger partial charge in [-0.2, -0.15) is 0 Å². The quantitative estimate of drug-likeness (QED) is 0.494.